The Bertz CT molecular complexity index is 741. The first-order valence-electron chi connectivity index (χ1n) is 6.60. The minimum absolute atomic E-state index is 0.326. The lowest BCUT2D eigenvalue weighted by Crippen LogP contribution is -2.27. The molecule has 5 nitrogen and oxygen atoms in total. The van der Waals surface area contributed by atoms with E-state index in [2.05, 4.69) is 0 Å². The van der Waals surface area contributed by atoms with Gasteiger partial charge in [-0.2, -0.15) is 0 Å². The van der Waals surface area contributed by atoms with Crippen LogP contribution in [0.3, 0.4) is 0 Å². The maximum Gasteiger partial charge on any atom is 0.419 e. The monoisotopic (exact) mass is 324 g/mol. The van der Waals surface area contributed by atoms with Crippen LogP contribution in [0.15, 0.2) is 18.3 Å². The van der Waals surface area contributed by atoms with Crippen LogP contribution >= 0.6 is 11.3 Å². The van der Waals surface area contributed by atoms with E-state index in [1.165, 1.54) is 17.4 Å². The summed E-state index contributed by atoms with van der Waals surface area (Å²) < 4.78 is 20.0. The maximum atomic E-state index is 13.6. The van der Waals surface area contributed by atoms with Crippen LogP contribution in [0.4, 0.5) is 9.18 Å². The number of thiophene rings is 1. The summed E-state index contributed by atoms with van der Waals surface area (Å²) in [5, 5.41) is 0. The van der Waals surface area contributed by atoms with Crippen molar-refractivity contribution in [3.05, 3.63) is 34.6 Å². The fourth-order valence-corrected chi connectivity index (χ4v) is 2.97. The molecular weight excluding hydrogens is 307 g/mol. The van der Waals surface area contributed by atoms with Crippen molar-refractivity contribution in [3.8, 4) is 10.6 Å². The number of carbonyl (C=O) groups excluding carboxylic acids is 2. The Morgan fingerprint density at radius 3 is 2.45 bits per heavy atom. The molecule has 0 atom stereocenters. The number of nitrogens with zero attached hydrogens (tertiary/aromatic N) is 1. The van der Waals surface area contributed by atoms with E-state index < -0.39 is 23.4 Å². The number of nitrogens with two attached hydrogens (primary N) is 1. The van der Waals surface area contributed by atoms with Crippen molar-refractivity contribution in [2.45, 2.75) is 33.3 Å². The number of amides is 1. The lowest BCUT2D eigenvalue weighted by atomic mass is 10.2. The van der Waals surface area contributed by atoms with Crippen LogP contribution in [-0.2, 0) is 4.74 Å². The van der Waals surface area contributed by atoms with Gasteiger partial charge in [0.2, 0.25) is 5.91 Å². The van der Waals surface area contributed by atoms with Gasteiger partial charge in [-0.05, 0) is 33.8 Å². The third-order valence-corrected chi connectivity index (χ3v) is 3.89. The molecule has 118 valence electrons. The van der Waals surface area contributed by atoms with E-state index in [1.54, 1.807) is 33.8 Å². The van der Waals surface area contributed by atoms with E-state index in [0.29, 0.717) is 21.0 Å². The van der Waals surface area contributed by atoms with Crippen LogP contribution in [-0.4, -0.2) is 22.2 Å². The largest absolute Gasteiger partial charge is 0.443 e. The fraction of sp³-hybridized carbons (Fsp3) is 0.333. The van der Waals surface area contributed by atoms with Gasteiger partial charge in [0.15, 0.2) is 0 Å². The average molecular weight is 324 g/mol. The van der Waals surface area contributed by atoms with Gasteiger partial charge in [0.1, 0.15) is 11.4 Å². The van der Waals surface area contributed by atoms with E-state index in [4.69, 9.17) is 10.5 Å². The van der Waals surface area contributed by atoms with Crippen molar-refractivity contribution in [3.63, 3.8) is 0 Å². The van der Waals surface area contributed by atoms with Crippen molar-refractivity contribution in [2.24, 2.45) is 5.73 Å². The van der Waals surface area contributed by atoms with Crippen LogP contribution in [0.25, 0.3) is 10.6 Å². The van der Waals surface area contributed by atoms with Crippen LogP contribution in [0.5, 0.6) is 0 Å². The van der Waals surface area contributed by atoms with E-state index in [9.17, 15) is 14.0 Å². The van der Waals surface area contributed by atoms with E-state index in [1.807, 2.05) is 0 Å². The van der Waals surface area contributed by atoms with E-state index >= 15 is 0 Å². The molecule has 0 bridgehead atoms. The molecule has 0 spiro atoms. The van der Waals surface area contributed by atoms with Crippen LogP contribution < -0.4 is 5.73 Å². The van der Waals surface area contributed by atoms with E-state index in [0.717, 1.165) is 10.8 Å². The minimum atomic E-state index is -0.696. The quantitative estimate of drug-likeness (QED) is 0.918. The summed E-state index contributed by atoms with van der Waals surface area (Å²) in [7, 11) is 0. The van der Waals surface area contributed by atoms with Gasteiger partial charge >= 0.3 is 6.09 Å². The van der Waals surface area contributed by atoms with Gasteiger partial charge in [-0.15, -0.1) is 11.3 Å². The minimum Gasteiger partial charge on any atom is -0.443 e. The Balaban J connectivity index is 2.47. The topological polar surface area (TPSA) is 74.3 Å². The Morgan fingerprint density at radius 2 is 1.95 bits per heavy atom. The summed E-state index contributed by atoms with van der Waals surface area (Å²) >= 11 is 1.26. The van der Waals surface area contributed by atoms with Crippen molar-refractivity contribution < 1.29 is 18.7 Å². The number of aromatic nitrogens is 1. The van der Waals surface area contributed by atoms with Gasteiger partial charge in [-0.1, -0.05) is 0 Å². The molecule has 1 amide bonds. The number of aryl methyl sites for hydroxylation is 1. The molecule has 0 aromatic carbocycles. The highest BCUT2D eigenvalue weighted by Crippen LogP contribution is 2.32. The number of rotatable bonds is 2. The summed E-state index contributed by atoms with van der Waals surface area (Å²) in [6.45, 7) is 6.92. The van der Waals surface area contributed by atoms with Crippen molar-refractivity contribution >= 4 is 23.3 Å². The second-order valence-electron chi connectivity index (χ2n) is 5.84. The normalized spacial score (nSPS) is 11.5. The van der Waals surface area contributed by atoms with Gasteiger partial charge in [0.25, 0.3) is 0 Å². The first kappa shape index (κ1) is 16.2. The van der Waals surface area contributed by atoms with Gasteiger partial charge in [0.05, 0.1) is 22.3 Å². The second kappa shape index (κ2) is 5.57. The molecule has 0 aliphatic heterocycles. The highest BCUT2D eigenvalue weighted by Gasteiger charge is 2.23. The number of hydrogen-bond donors (Lipinski definition) is 1. The molecule has 2 N–H and O–H groups in total. The maximum absolute atomic E-state index is 13.6. The molecule has 22 heavy (non-hydrogen) atoms. The first-order valence-corrected chi connectivity index (χ1v) is 7.42. The molecule has 2 rings (SSSR count). The molecule has 2 aromatic rings. The molecule has 0 radical (unpaired) electrons. The molecule has 0 unspecified atom stereocenters. The Morgan fingerprint density at radius 1 is 1.32 bits per heavy atom. The molecule has 0 fully saturated rings. The number of ether oxygens (including phenoxy) is 1. The summed E-state index contributed by atoms with van der Waals surface area (Å²) in [4.78, 5) is 24.8. The predicted octanol–water partition coefficient (Wildman–Crippen LogP) is 3.55. The highest BCUT2D eigenvalue weighted by atomic mass is 32.1. The molecule has 0 saturated heterocycles. The number of primary amides is 1. The standard InChI is InChI=1S/C15H17FN2O3S/c1-8-10(13(17)19)6-12(22-8)11-5-9(16)7-18(11)14(20)21-15(2,3)4/h5-7H,1-4H3,(H2,17,19). The first-order chi connectivity index (χ1) is 10.1. The van der Waals surface area contributed by atoms with Gasteiger partial charge in [-0.3, -0.25) is 4.79 Å². The lowest BCUT2D eigenvalue weighted by molar-refractivity contribution is 0.0539. The van der Waals surface area contributed by atoms with Gasteiger partial charge < -0.3 is 10.5 Å². The smallest absolute Gasteiger partial charge is 0.419 e. The summed E-state index contributed by atoms with van der Waals surface area (Å²) in [6.07, 6.45) is 0.376. The SMILES string of the molecule is Cc1sc(-c2cc(F)cn2C(=O)OC(C)(C)C)cc1C(N)=O. The molecular formula is C15H17FN2O3S. The molecule has 0 aliphatic carbocycles. The average Bonchev–Trinajstić information content (AvgIpc) is 2.90. The highest BCUT2D eigenvalue weighted by molar-refractivity contribution is 7.15. The fourth-order valence-electron chi connectivity index (χ4n) is 1.94. The summed E-state index contributed by atoms with van der Waals surface area (Å²) in [5.41, 5.74) is 5.28. The molecule has 2 heterocycles. The van der Waals surface area contributed by atoms with Crippen LogP contribution in [0.1, 0.15) is 36.0 Å². The molecule has 0 aliphatic rings. The number of carbonyl (C=O) groups is 2. The lowest BCUT2D eigenvalue weighted by Gasteiger charge is -2.20. The molecule has 0 saturated carbocycles. The second-order valence-corrected chi connectivity index (χ2v) is 7.09. The molecule has 7 heteroatoms. The number of halogens is 1. The predicted molar refractivity (Wildman–Crippen MR) is 82.6 cm³/mol. The Labute approximate surface area is 131 Å². The zero-order valence-corrected chi connectivity index (χ0v) is 13.6. The molecule has 2 aromatic heterocycles. The van der Waals surface area contributed by atoms with E-state index in [-0.39, 0.29) is 0 Å². The van der Waals surface area contributed by atoms with Crippen LogP contribution in [0.2, 0.25) is 0 Å². The summed E-state index contributed by atoms with van der Waals surface area (Å²) in [5.74, 6) is -1.12. The number of hydrogen-bond acceptors (Lipinski definition) is 4. The van der Waals surface area contributed by atoms with Crippen LogP contribution in [0, 0.1) is 12.7 Å². The zero-order chi connectivity index (χ0) is 16.7. The zero-order valence-electron chi connectivity index (χ0n) is 12.8. The Kier molecular flexibility index (Phi) is 4.10. The summed E-state index contributed by atoms with van der Waals surface area (Å²) in [6, 6.07) is 2.78. The van der Waals surface area contributed by atoms with Gasteiger partial charge in [0, 0.05) is 10.9 Å². The third kappa shape index (κ3) is 3.36. The third-order valence-electron chi connectivity index (χ3n) is 2.81. The Hall–Kier alpha value is -2.15. The van der Waals surface area contributed by atoms with Crippen molar-refractivity contribution in [1.82, 2.24) is 4.57 Å². The van der Waals surface area contributed by atoms with Crippen molar-refractivity contribution in [2.75, 3.05) is 0 Å². The van der Waals surface area contributed by atoms with Gasteiger partial charge in [-0.25, -0.2) is 13.8 Å². The van der Waals surface area contributed by atoms with Crippen molar-refractivity contribution in [1.29, 1.82) is 0 Å².